The molecule has 2 rings (SSSR count). The van der Waals surface area contributed by atoms with E-state index in [0.717, 1.165) is 24.9 Å². The number of nitrogens with zero attached hydrogens (tertiary/aromatic N) is 1. The van der Waals surface area contributed by atoms with Crippen molar-refractivity contribution in [3.05, 3.63) is 29.8 Å². The lowest BCUT2D eigenvalue weighted by atomic mass is 10.1. The van der Waals surface area contributed by atoms with Crippen LogP contribution in [0.15, 0.2) is 24.3 Å². The minimum Gasteiger partial charge on any atom is -0.381 e. The first kappa shape index (κ1) is 11.0. The Balaban J connectivity index is 2.01. The van der Waals surface area contributed by atoms with Crippen LogP contribution in [-0.4, -0.2) is 6.04 Å². The molecule has 0 saturated heterocycles. The summed E-state index contributed by atoms with van der Waals surface area (Å²) in [4.78, 5) is 0. The number of nitriles is 1. The van der Waals surface area contributed by atoms with Crippen molar-refractivity contribution in [3.8, 4) is 6.07 Å². The van der Waals surface area contributed by atoms with E-state index in [1.807, 2.05) is 0 Å². The van der Waals surface area contributed by atoms with Gasteiger partial charge in [0.2, 0.25) is 0 Å². The fraction of sp³-hybridized carbons (Fsp3) is 0.500. The number of hydrogen-bond donors (Lipinski definition) is 1. The zero-order valence-electron chi connectivity index (χ0n) is 9.74. The Bertz CT molecular complexity index is 375. The van der Waals surface area contributed by atoms with Crippen molar-refractivity contribution >= 4 is 5.69 Å². The standard InChI is InChI=1S/C14H18N2/c1-2-11-6-8-13(9-7-11)16-14-5-3-4-12(14)10-15/h6-9,12,14,16H,2-5H2,1H3. The maximum Gasteiger partial charge on any atom is 0.0677 e. The Labute approximate surface area is 97.3 Å². The molecule has 0 radical (unpaired) electrons. The first-order valence-corrected chi connectivity index (χ1v) is 6.08. The van der Waals surface area contributed by atoms with Gasteiger partial charge >= 0.3 is 0 Å². The monoisotopic (exact) mass is 214 g/mol. The normalized spacial score (nSPS) is 24.0. The Morgan fingerprint density at radius 3 is 2.69 bits per heavy atom. The topological polar surface area (TPSA) is 35.8 Å². The lowest BCUT2D eigenvalue weighted by molar-refractivity contribution is 0.630. The third kappa shape index (κ3) is 2.36. The van der Waals surface area contributed by atoms with Crippen LogP contribution in [0.1, 0.15) is 31.7 Å². The highest BCUT2D eigenvalue weighted by atomic mass is 14.9. The highest BCUT2D eigenvalue weighted by Gasteiger charge is 2.26. The summed E-state index contributed by atoms with van der Waals surface area (Å²) in [5, 5.41) is 12.5. The molecule has 1 saturated carbocycles. The van der Waals surface area contributed by atoms with Crippen LogP contribution in [0.2, 0.25) is 0 Å². The molecular weight excluding hydrogens is 196 g/mol. The maximum absolute atomic E-state index is 9.01. The largest absolute Gasteiger partial charge is 0.381 e. The highest BCUT2D eigenvalue weighted by Crippen LogP contribution is 2.28. The molecule has 2 atom stereocenters. The van der Waals surface area contributed by atoms with Crippen molar-refractivity contribution in [1.82, 2.24) is 0 Å². The second-order valence-corrected chi connectivity index (χ2v) is 4.47. The molecule has 1 fully saturated rings. The molecule has 16 heavy (non-hydrogen) atoms. The number of hydrogen-bond acceptors (Lipinski definition) is 2. The molecule has 0 aromatic heterocycles. The van der Waals surface area contributed by atoms with E-state index >= 15 is 0 Å². The number of anilines is 1. The highest BCUT2D eigenvalue weighted by molar-refractivity contribution is 5.46. The van der Waals surface area contributed by atoms with Crippen LogP contribution in [0, 0.1) is 17.2 Å². The molecule has 0 amide bonds. The second-order valence-electron chi connectivity index (χ2n) is 4.47. The SMILES string of the molecule is CCc1ccc(NC2CCCC2C#N)cc1. The van der Waals surface area contributed by atoms with Crippen molar-refractivity contribution in [2.24, 2.45) is 5.92 Å². The molecule has 0 spiro atoms. The van der Waals surface area contributed by atoms with E-state index in [-0.39, 0.29) is 5.92 Å². The molecule has 2 heteroatoms. The van der Waals surface area contributed by atoms with Gasteiger partial charge in [0, 0.05) is 11.7 Å². The molecular formula is C14H18N2. The molecule has 1 aliphatic carbocycles. The predicted molar refractivity (Wildman–Crippen MR) is 66.2 cm³/mol. The van der Waals surface area contributed by atoms with Crippen molar-refractivity contribution in [3.63, 3.8) is 0 Å². The molecule has 1 aromatic carbocycles. The van der Waals surface area contributed by atoms with E-state index in [2.05, 4.69) is 42.6 Å². The molecule has 1 N–H and O–H groups in total. The summed E-state index contributed by atoms with van der Waals surface area (Å²) in [5.74, 6) is 0.186. The Morgan fingerprint density at radius 2 is 2.06 bits per heavy atom. The minimum atomic E-state index is 0.186. The summed E-state index contributed by atoms with van der Waals surface area (Å²) >= 11 is 0. The van der Waals surface area contributed by atoms with Crippen LogP contribution in [0.3, 0.4) is 0 Å². The molecule has 0 aliphatic heterocycles. The van der Waals surface area contributed by atoms with Crippen LogP contribution in [-0.2, 0) is 6.42 Å². The van der Waals surface area contributed by atoms with E-state index in [4.69, 9.17) is 5.26 Å². The van der Waals surface area contributed by atoms with Gasteiger partial charge in [0.05, 0.1) is 12.0 Å². The van der Waals surface area contributed by atoms with E-state index in [1.54, 1.807) is 0 Å². The number of aryl methyl sites for hydroxylation is 1. The first-order valence-electron chi connectivity index (χ1n) is 6.08. The average Bonchev–Trinajstić information content (AvgIpc) is 2.77. The molecule has 2 unspecified atom stereocenters. The molecule has 1 aromatic rings. The van der Waals surface area contributed by atoms with Crippen LogP contribution in [0.5, 0.6) is 0 Å². The third-order valence-corrected chi connectivity index (χ3v) is 3.40. The Hall–Kier alpha value is -1.49. The fourth-order valence-electron chi connectivity index (χ4n) is 2.34. The van der Waals surface area contributed by atoms with Crippen LogP contribution in [0.25, 0.3) is 0 Å². The van der Waals surface area contributed by atoms with Gasteiger partial charge in [0.25, 0.3) is 0 Å². The summed E-state index contributed by atoms with van der Waals surface area (Å²) in [6.45, 7) is 2.16. The van der Waals surface area contributed by atoms with Gasteiger partial charge in [0.1, 0.15) is 0 Å². The summed E-state index contributed by atoms with van der Waals surface area (Å²) in [5.41, 5.74) is 2.50. The smallest absolute Gasteiger partial charge is 0.0677 e. The Kier molecular flexibility index (Phi) is 3.46. The molecule has 0 heterocycles. The van der Waals surface area contributed by atoms with Gasteiger partial charge in [-0.25, -0.2) is 0 Å². The zero-order chi connectivity index (χ0) is 11.4. The second kappa shape index (κ2) is 5.03. The van der Waals surface area contributed by atoms with Crippen molar-refractivity contribution in [2.45, 2.75) is 38.6 Å². The molecule has 84 valence electrons. The number of benzene rings is 1. The summed E-state index contributed by atoms with van der Waals surface area (Å²) in [6.07, 6.45) is 4.41. The minimum absolute atomic E-state index is 0.186. The van der Waals surface area contributed by atoms with Crippen LogP contribution < -0.4 is 5.32 Å². The quantitative estimate of drug-likeness (QED) is 0.837. The van der Waals surface area contributed by atoms with Gasteiger partial charge in [-0.15, -0.1) is 0 Å². The van der Waals surface area contributed by atoms with Crippen LogP contribution >= 0.6 is 0 Å². The van der Waals surface area contributed by atoms with Crippen molar-refractivity contribution in [1.29, 1.82) is 5.26 Å². The van der Waals surface area contributed by atoms with Gasteiger partial charge in [-0.3, -0.25) is 0 Å². The Morgan fingerprint density at radius 1 is 1.31 bits per heavy atom. The fourth-order valence-corrected chi connectivity index (χ4v) is 2.34. The van der Waals surface area contributed by atoms with Crippen molar-refractivity contribution in [2.75, 3.05) is 5.32 Å². The van der Waals surface area contributed by atoms with Gasteiger partial charge < -0.3 is 5.32 Å². The van der Waals surface area contributed by atoms with Gasteiger partial charge in [-0.1, -0.05) is 19.1 Å². The van der Waals surface area contributed by atoms with Gasteiger partial charge in [0.15, 0.2) is 0 Å². The zero-order valence-corrected chi connectivity index (χ0v) is 9.74. The number of nitrogens with one attached hydrogen (secondary N) is 1. The van der Waals surface area contributed by atoms with Crippen LogP contribution in [0.4, 0.5) is 5.69 Å². The maximum atomic E-state index is 9.01. The lowest BCUT2D eigenvalue weighted by Crippen LogP contribution is -2.22. The predicted octanol–water partition coefficient (Wildman–Crippen LogP) is 3.35. The first-order chi connectivity index (χ1) is 7.83. The lowest BCUT2D eigenvalue weighted by Gasteiger charge is -2.17. The van der Waals surface area contributed by atoms with E-state index < -0.39 is 0 Å². The average molecular weight is 214 g/mol. The summed E-state index contributed by atoms with van der Waals surface area (Å²) in [6, 6.07) is 11.3. The molecule has 0 bridgehead atoms. The van der Waals surface area contributed by atoms with E-state index in [9.17, 15) is 0 Å². The third-order valence-electron chi connectivity index (χ3n) is 3.40. The molecule has 1 aliphatic rings. The van der Waals surface area contributed by atoms with E-state index in [1.165, 1.54) is 12.0 Å². The van der Waals surface area contributed by atoms with Gasteiger partial charge in [-0.05, 0) is 43.4 Å². The van der Waals surface area contributed by atoms with Gasteiger partial charge in [-0.2, -0.15) is 5.26 Å². The summed E-state index contributed by atoms with van der Waals surface area (Å²) in [7, 11) is 0. The summed E-state index contributed by atoms with van der Waals surface area (Å²) < 4.78 is 0. The molecule has 2 nitrogen and oxygen atoms in total. The number of rotatable bonds is 3. The van der Waals surface area contributed by atoms with Crippen molar-refractivity contribution < 1.29 is 0 Å². The van der Waals surface area contributed by atoms with E-state index in [0.29, 0.717) is 6.04 Å².